The number of hydrogen-bond donors (Lipinski definition) is 2. The summed E-state index contributed by atoms with van der Waals surface area (Å²) >= 11 is 6.12. The van der Waals surface area contributed by atoms with Crippen LogP contribution in [0.3, 0.4) is 0 Å². The Labute approximate surface area is 128 Å². The van der Waals surface area contributed by atoms with E-state index in [4.69, 9.17) is 11.6 Å². The Morgan fingerprint density at radius 2 is 1.71 bits per heavy atom. The van der Waals surface area contributed by atoms with Crippen LogP contribution in [0.2, 0.25) is 5.02 Å². The molecule has 3 nitrogen and oxygen atoms in total. The molecule has 0 radical (unpaired) electrons. The number of benzene rings is 2. The zero-order valence-corrected chi connectivity index (χ0v) is 12.4. The van der Waals surface area contributed by atoms with E-state index < -0.39 is 17.5 Å². The van der Waals surface area contributed by atoms with Crippen molar-refractivity contribution in [2.75, 3.05) is 0 Å². The predicted octanol–water partition coefficient (Wildman–Crippen LogP) is 3.81. The van der Waals surface area contributed by atoms with Crippen LogP contribution < -0.4 is 0 Å². The van der Waals surface area contributed by atoms with Crippen LogP contribution in [0, 0.1) is 0 Å². The van der Waals surface area contributed by atoms with Gasteiger partial charge in [0.05, 0.1) is 0 Å². The lowest BCUT2D eigenvalue weighted by atomic mass is 9.71. The minimum absolute atomic E-state index is 0.249. The summed E-state index contributed by atoms with van der Waals surface area (Å²) in [6.45, 7) is 1.75. The van der Waals surface area contributed by atoms with Gasteiger partial charge in [-0.25, -0.2) is 0 Å². The maximum absolute atomic E-state index is 12.0. The van der Waals surface area contributed by atoms with Crippen LogP contribution in [-0.4, -0.2) is 16.2 Å². The van der Waals surface area contributed by atoms with Crippen LogP contribution >= 0.6 is 11.6 Å². The molecule has 2 rings (SSSR count). The van der Waals surface area contributed by atoms with Crippen molar-refractivity contribution in [1.82, 2.24) is 0 Å². The Morgan fingerprint density at radius 3 is 2.24 bits per heavy atom. The van der Waals surface area contributed by atoms with E-state index in [0.717, 1.165) is 0 Å². The summed E-state index contributed by atoms with van der Waals surface area (Å²) in [4.78, 5) is 12.0. The van der Waals surface area contributed by atoms with Crippen LogP contribution in [0.25, 0.3) is 0 Å². The van der Waals surface area contributed by atoms with E-state index in [1.54, 1.807) is 55.5 Å². The molecule has 110 valence electrons. The standard InChI is InChI=1S/C17H17ClO3/c1-2-17(16(20)21,12-8-4-3-5-9-12)15(19)13-10-6-7-11-14(13)18/h3-11,15,19H,2H2,1H3,(H,20,21)/t15-,17+/m1/s1. The summed E-state index contributed by atoms with van der Waals surface area (Å²) < 4.78 is 0. The first-order valence-corrected chi connectivity index (χ1v) is 7.13. The first kappa shape index (κ1) is 15.5. The molecule has 4 heteroatoms. The fraction of sp³-hybridized carbons (Fsp3) is 0.235. The predicted molar refractivity (Wildman–Crippen MR) is 82.5 cm³/mol. The molecule has 0 bridgehead atoms. The van der Waals surface area contributed by atoms with Crippen molar-refractivity contribution in [2.24, 2.45) is 0 Å². The highest BCUT2D eigenvalue weighted by Gasteiger charge is 2.46. The summed E-state index contributed by atoms with van der Waals surface area (Å²) in [6.07, 6.45) is -0.977. The van der Waals surface area contributed by atoms with Crippen molar-refractivity contribution < 1.29 is 15.0 Å². The number of carboxylic acid groups (broad SMARTS) is 1. The number of halogens is 1. The monoisotopic (exact) mass is 304 g/mol. The number of hydrogen-bond acceptors (Lipinski definition) is 2. The van der Waals surface area contributed by atoms with Gasteiger partial charge < -0.3 is 10.2 Å². The van der Waals surface area contributed by atoms with Gasteiger partial charge in [0.25, 0.3) is 0 Å². The lowest BCUT2D eigenvalue weighted by molar-refractivity contribution is -0.149. The largest absolute Gasteiger partial charge is 0.480 e. The van der Waals surface area contributed by atoms with E-state index in [1.807, 2.05) is 6.07 Å². The molecule has 2 aromatic rings. The first-order chi connectivity index (χ1) is 10.0. The summed E-state index contributed by atoms with van der Waals surface area (Å²) in [7, 11) is 0. The maximum atomic E-state index is 12.0. The molecule has 0 spiro atoms. The number of aliphatic hydroxyl groups excluding tert-OH is 1. The fourth-order valence-electron chi connectivity index (χ4n) is 2.64. The topological polar surface area (TPSA) is 57.5 Å². The number of carbonyl (C=O) groups is 1. The summed E-state index contributed by atoms with van der Waals surface area (Å²) in [5, 5.41) is 20.9. The quantitative estimate of drug-likeness (QED) is 0.883. The van der Waals surface area contributed by atoms with E-state index in [2.05, 4.69) is 0 Å². The fourth-order valence-corrected chi connectivity index (χ4v) is 2.88. The molecule has 0 heterocycles. The smallest absolute Gasteiger partial charge is 0.317 e. The molecule has 0 fully saturated rings. The Balaban J connectivity index is 2.61. The lowest BCUT2D eigenvalue weighted by Gasteiger charge is -2.34. The average Bonchev–Trinajstić information content (AvgIpc) is 2.49. The molecule has 0 amide bonds. The molecule has 0 aliphatic heterocycles. The lowest BCUT2D eigenvalue weighted by Crippen LogP contribution is -2.41. The van der Waals surface area contributed by atoms with E-state index >= 15 is 0 Å². The van der Waals surface area contributed by atoms with Gasteiger partial charge in [-0.2, -0.15) is 0 Å². The molecule has 0 aromatic heterocycles. The SMILES string of the molecule is CC[C@](C(=O)O)(c1ccccc1)[C@H](O)c1ccccc1Cl. The van der Waals surface area contributed by atoms with Crippen molar-refractivity contribution in [3.8, 4) is 0 Å². The van der Waals surface area contributed by atoms with Gasteiger partial charge in [0, 0.05) is 10.6 Å². The van der Waals surface area contributed by atoms with E-state index in [0.29, 0.717) is 16.1 Å². The molecule has 0 unspecified atom stereocenters. The highest BCUT2D eigenvalue weighted by molar-refractivity contribution is 6.31. The second-order valence-electron chi connectivity index (χ2n) is 4.92. The summed E-state index contributed by atoms with van der Waals surface area (Å²) in [5.41, 5.74) is -0.439. The van der Waals surface area contributed by atoms with Gasteiger partial charge in [-0.1, -0.05) is 67.1 Å². The van der Waals surface area contributed by atoms with Crippen LogP contribution in [0.4, 0.5) is 0 Å². The van der Waals surface area contributed by atoms with Gasteiger partial charge in [-0.15, -0.1) is 0 Å². The third-order valence-electron chi connectivity index (χ3n) is 3.89. The number of carboxylic acids is 1. The van der Waals surface area contributed by atoms with Gasteiger partial charge in [0.2, 0.25) is 0 Å². The normalized spacial score (nSPS) is 15.2. The van der Waals surface area contributed by atoms with E-state index in [1.165, 1.54) is 0 Å². The zero-order chi connectivity index (χ0) is 15.5. The second kappa shape index (κ2) is 6.29. The van der Waals surface area contributed by atoms with Crippen LogP contribution in [0.15, 0.2) is 54.6 Å². The minimum Gasteiger partial charge on any atom is -0.480 e. The third kappa shape index (κ3) is 2.67. The average molecular weight is 305 g/mol. The molecule has 21 heavy (non-hydrogen) atoms. The van der Waals surface area contributed by atoms with Crippen molar-refractivity contribution in [3.63, 3.8) is 0 Å². The third-order valence-corrected chi connectivity index (χ3v) is 4.24. The molecular formula is C17H17ClO3. The van der Waals surface area contributed by atoms with Gasteiger partial charge in [-0.3, -0.25) is 4.79 Å². The van der Waals surface area contributed by atoms with Crippen LogP contribution in [-0.2, 0) is 10.2 Å². The van der Waals surface area contributed by atoms with Gasteiger partial charge in [-0.05, 0) is 18.1 Å². The highest BCUT2D eigenvalue weighted by Crippen LogP contribution is 2.42. The van der Waals surface area contributed by atoms with Crippen molar-refractivity contribution in [1.29, 1.82) is 0 Å². The van der Waals surface area contributed by atoms with Gasteiger partial charge in [0.15, 0.2) is 0 Å². The van der Waals surface area contributed by atoms with Gasteiger partial charge in [0.1, 0.15) is 11.5 Å². The van der Waals surface area contributed by atoms with Crippen molar-refractivity contribution in [3.05, 3.63) is 70.7 Å². The van der Waals surface area contributed by atoms with Crippen molar-refractivity contribution >= 4 is 17.6 Å². The van der Waals surface area contributed by atoms with Crippen LogP contribution in [0.1, 0.15) is 30.6 Å². The summed E-state index contributed by atoms with van der Waals surface area (Å²) in [6, 6.07) is 15.6. The molecule has 0 aliphatic rings. The highest BCUT2D eigenvalue weighted by atomic mass is 35.5. The minimum atomic E-state index is -1.42. The summed E-state index contributed by atoms with van der Waals surface area (Å²) in [5.74, 6) is -1.07. The Kier molecular flexibility index (Phi) is 4.66. The molecular weight excluding hydrogens is 288 g/mol. The van der Waals surface area contributed by atoms with Crippen molar-refractivity contribution in [2.45, 2.75) is 24.9 Å². The second-order valence-corrected chi connectivity index (χ2v) is 5.33. The molecule has 2 N–H and O–H groups in total. The maximum Gasteiger partial charge on any atom is 0.317 e. The molecule has 2 atom stereocenters. The molecule has 0 saturated carbocycles. The first-order valence-electron chi connectivity index (χ1n) is 6.75. The molecule has 0 saturated heterocycles. The Hall–Kier alpha value is -1.84. The number of aliphatic carboxylic acids is 1. The van der Waals surface area contributed by atoms with Crippen LogP contribution in [0.5, 0.6) is 0 Å². The van der Waals surface area contributed by atoms with E-state index in [9.17, 15) is 15.0 Å². The zero-order valence-electron chi connectivity index (χ0n) is 11.7. The Morgan fingerprint density at radius 1 is 1.14 bits per heavy atom. The molecule has 2 aromatic carbocycles. The van der Waals surface area contributed by atoms with Gasteiger partial charge >= 0.3 is 5.97 Å². The number of aliphatic hydroxyl groups is 1. The number of rotatable bonds is 5. The van der Waals surface area contributed by atoms with E-state index in [-0.39, 0.29) is 6.42 Å². The molecule has 0 aliphatic carbocycles. The Bertz CT molecular complexity index is 627.